The van der Waals surface area contributed by atoms with Gasteiger partial charge in [0.2, 0.25) is 11.8 Å². The van der Waals surface area contributed by atoms with E-state index in [2.05, 4.69) is 30.9 Å². The molecule has 10 bridgehead atoms. The molecule has 1 fully saturated rings. The molecule has 10 rings (SSSR count). The summed E-state index contributed by atoms with van der Waals surface area (Å²) in [6, 6.07) is 7.54. The molecule has 2 aliphatic heterocycles. The molecule has 2 aliphatic rings. The van der Waals surface area contributed by atoms with Crippen LogP contribution in [0.4, 0.5) is 0 Å². The second-order valence-corrected chi connectivity index (χ2v) is 24.2. The Bertz CT molecular complexity index is 3680. The van der Waals surface area contributed by atoms with Crippen LogP contribution in [0.5, 0.6) is 5.75 Å². The molecule has 0 spiro atoms. The van der Waals surface area contributed by atoms with E-state index >= 15 is 4.79 Å². The van der Waals surface area contributed by atoms with Gasteiger partial charge in [0, 0.05) is 62.6 Å². The number of nitrogens with two attached hydrogens (primary N) is 2. The molecule has 5 atom stereocenters. The van der Waals surface area contributed by atoms with Gasteiger partial charge in [-0.2, -0.15) is 0 Å². The summed E-state index contributed by atoms with van der Waals surface area (Å²) in [6.45, 7) is 3.65. The van der Waals surface area contributed by atoms with Gasteiger partial charge in [0.05, 0.1) is 43.5 Å². The number of unbranched alkanes of at least 4 members (excludes halogenated alkanes) is 1. The molecule has 6 amide bonds. The van der Waals surface area contributed by atoms with Crippen molar-refractivity contribution in [2.24, 2.45) is 17.4 Å². The topological polar surface area (TPSA) is 351 Å². The van der Waals surface area contributed by atoms with Crippen LogP contribution in [0, 0.1) is 12.8 Å². The summed E-state index contributed by atoms with van der Waals surface area (Å²) in [6.07, 6.45) is -0.220. The number of fused-ring (bicyclic) bond motifs is 16. The number of nitrogens with zero attached hydrogens (tertiary/aromatic N) is 8. The second-order valence-electron chi connectivity index (χ2n) is 18.5. The van der Waals surface area contributed by atoms with Crippen molar-refractivity contribution in [1.82, 2.24) is 55.7 Å². The summed E-state index contributed by atoms with van der Waals surface area (Å²) in [5.41, 5.74) is 14.1. The van der Waals surface area contributed by atoms with Gasteiger partial charge in [-0.3, -0.25) is 33.6 Å². The molecule has 0 aliphatic carbocycles. The molecule has 29 heteroatoms. The normalized spacial score (nSPS) is 18.7. The van der Waals surface area contributed by atoms with Crippen molar-refractivity contribution in [2.45, 2.75) is 76.7 Å². The number of carbonyl (C=O) groups is 7. The maximum Gasteiger partial charge on any atom is 0.303 e. The van der Waals surface area contributed by atoms with Crippen LogP contribution in [-0.2, 0) is 27.3 Å². The fourth-order valence-electron chi connectivity index (χ4n) is 8.84. The number of rotatable bonds is 12. The standard InChI is InChI=1S/C51H47N13O10S6/c1-22-35(65)16-64-41(22)50-62-34(21-79-50)48-59-30(17-77-48)40-26(10-11-27(56-40)47-60-31(18-78-47)42(53)69)46-61-33(20-76-46)44(71)57-28(14-36(52)66)49-63-39(23(2)80-49)45(72)54-15-37-55-32(19-75-37)43(70)58-29(51(64)73)13-24-6-8-25(9-7-24)74-12-4-3-5-38(67)68/h6-11,17-22,28-29,35,41,65H,3-5,12-16H2,1-2H3,(H2,52,66)(H2,53,69)(H,54,72)(H,57,71)(H,58,70)(H,67,68)/t22-,28-,29-,35-,41-/m0/s1. The minimum Gasteiger partial charge on any atom is -0.494 e. The number of primary amides is 2. The van der Waals surface area contributed by atoms with Crippen LogP contribution in [0.1, 0.15) is 112 Å². The van der Waals surface area contributed by atoms with Crippen molar-refractivity contribution in [1.29, 1.82) is 0 Å². The number of carbonyl (C=O) groups excluding carboxylic acids is 6. The van der Waals surface area contributed by atoms with Gasteiger partial charge in [0.25, 0.3) is 23.6 Å². The van der Waals surface area contributed by atoms with Gasteiger partial charge in [-0.25, -0.2) is 34.9 Å². The summed E-state index contributed by atoms with van der Waals surface area (Å²) in [7, 11) is 0. The van der Waals surface area contributed by atoms with E-state index in [-0.39, 0.29) is 60.1 Å². The number of aliphatic hydroxyl groups is 1. The molecule has 8 aromatic rings. The maximum atomic E-state index is 15.1. The highest BCUT2D eigenvalue weighted by atomic mass is 32.1. The fourth-order valence-corrected chi connectivity index (χ4v) is 14.0. The number of hydrogen-bond donors (Lipinski definition) is 7. The van der Waals surface area contributed by atoms with Gasteiger partial charge in [0.1, 0.15) is 81.7 Å². The largest absolute Gasteiger partial charge is 0.494 e. The first kappa shape index (κ1) is 55.5. The Morgan fingerprint density at radius 2 is 1.40 bits per heavy atom. The highest BCUT2D eigenvalue weighted by Crippen LogP contribution is 2.42. The van der Waals surface area contributed by atoms with Gasteiger partial charge in [-0.15, -0.1) is 68.0 Å². The molecule has 412 valence electrons. The lowest BCUT2D eigenvalue weighted by Gasteiger charge is -2.29. The number of aliphatic carboxylic acids is 1. The Morgan fingerprint density at radius 3 is 2.15 bits per heavy atom. The van der Waals surface area contributed by atoms with Crippen LogP contribution in [0.2, 0.25) is 0 Å². The van der Waals surface area contributed by atoms with E-state index in [9.17, 15) is 33.9 Å². The minimum atomic E-state index is -1.17. The summed E-state index contributed by atoms with van der Waals surface area (Å²) in [5, 5.41) is 39.5. The maximum absolute atomic E-state index is 15.1. The van der Waals surface area contributed by atoms with E-state index in [0.29, 0.717) is 89.0 Å². The Hall–Kier alpha value is -7.80. The summed E-state index contributed by atoms with van der Waals surface area (Å²) >= 11 is 7.11. The number of hydrogen-bond acceptors (Lipinski definition) is 22. The molecule has 0 radical (unpaired) electrons. The highest BCUT2D eigenvalue weighted by Gasteiger charge is 2.45. The number of aliphatic hydroxyl groups excluding tert-OH is 1. The smallest absolute Gasteiger partial charge is 0.303 e. The van der Waals surface area contributed by atoms with Gasteiger partial charge >= 0.3 is 5.97 Å². The van der Waals surface area contributed by atoms with Crippen molar-refractivity contribution in [3.8, 4) is 49.1 Å². The first-order chi connectivity index (χ1) is 38.5. The van der Waals surface area contributed by atoms with E-state index in [1.165, 1.54) is 44.8 Å². The lowest BCUT2D eigenvalue weighted by molar-refractivity contribution is -0.137. The number of carboxylic acids is 1. The number of carboxylic acid groups (broad SMARTS) is 1. The van der Waals surface area contributed by atoms with Gasteiger partial charge in [0.15, 0.2) is 0 Å². The van der Waals surface area contributed by atoms with Crippen LogP contribution >= 0.6 is 68.0 Å². The Kier molecular flexibility index (Phi) is 16.6. The van der Waals surface area contributed by atoms with E-state index in [1.807, 2.05) is 12.3 Å². The van der Waals surface area contributed by atoms with Crippen molar-refractivity contribution in [3.05, 3.63) is 112 Å². The van der Waals surface area contributed by atoms with Crippen molar-refractivity contribution in [3.63, 3.8) is 0 Å². The number of nitrogens with one attached hydrogen (secondary N) is 3. The first-order valence-corrected chi connectivity index (χ1v) is 29.8. The molecule has 1 saturated heterocycles. The molecular weight excluding hydrogens is 1150 g/mol. The Labute approximate surface area is 478 Å². The number of benzene rings is 1. The fraction of sp³-hybridized carbons (Fsp3) is 0.294. The molecule has 9 heterocycles. The third-order valence-electron chi connectivity index (χ3n) is 12.9. The molecule has 1 aromatic carbocycles. The van der Waals surface area contributed by atoms with E-state index in [1.54, 1.807) is 59.0 Å². The minimum absolute atomic E-state index is 0.00902. The molecular formula is C51H47N13O10S6. The van der Waals surface area contributed by atoms with Gasteiger partial charge in [-0.1, -0.05) is 19.1 Å². The number of pyridine rings is 1. The predicted octanol–water partition coefficient (Wildman–Crippen LogP) is 6.04. The monoisotopic (exact) mass is 1190 g/mol. The summed E-state index contributed by atoms with van der Waals surface area (Å²) in [4.78, 5) is 127. The SMILES string of the molecule is Cc1sc2nc1C(=O)NCc1nc(cs1)C(=O)N[C@@H](Cc1ccc(OCCCCC(=O)O)cc1)C(=O)N1C[C@H](O)[C@H](C)[C@H]1c1nc(cs1)-c1nc(cs1)-c1nc(-c3nc(C(N)=O)cs3)ccc1-c1nc(cs1)C(=O)N[C@H]2CC(N)=O. The second kappa shape index (κ2) is 23.9. The number of thiazole rings is 6. The molecule has 7 aromatic heterocycles. The average molecular weight is 1190 g/mol. The highest BCUT2D eigenvalue weighted by molar-refractivity contribution is 7.15. The van der Waals surface area contributed by atoms with Crippen LogP contribution in [0.25, 0.3) is 43.4 Å². The predicted molar refractivity (Wildman–Crippen MR) is 299 cm³/mol. The zero-order valence-electron chi connectivity index (χ0n) is 42.2. The number of aryl methyl sites for hydroxylation is 1. The van der Waals surface area contributed by atoms with E-state index in [4.69, 9.17) is 41.2 Å². The third-order valence-corrected chi connectivity index (χ3v) is 18.4. The molecule has 9 N–H and O–H groups in total. The van der Waals surface area contributed by atoms with Crippen molar-refractivity contribution >= 4 is 109 Å². The number of ether oxygens (including phenoxy) is 1. The van der Waals surface area contributed by atoms with Crippen LogP contribution in [-0.4, -0.2) is 117 Å². The Morgan fingerprint density at radius 1 is 0.713 bits per heavy atom. The lowest BCUT2D eigenvalue weighted by Crippen LogP contribution is -2.50. The zero-order valence-corrected chi connectivity index (χ0v) is 47.1. The quantitative estimate of drug-likeness (QED) is 0.0685. The first-order valence-electron chi connectivity index (χ1n) is 24.6. The van der Waals surface area contributed by atoms with E-state index in [0.717, 1.165) is 34.0 Å². The van der Waals surface area contributed by atoms with Gasteiger partial charge in [-0.05, 0) is 49.6 Å². The zero-order chi connectivity index (χ0) is 56.4. The van der Waals surface area contributed by atoms with Gasteiger partial charge < -0.3 is 47.3 Å². The van der Waals surface area contributed by atoms with Crippen molar-refractivity contribution < 1.29 is 48.5 Å². The molecule has 80 heavy (non-hydrogen) atoms. The third kappa shape index (κ3) is 12.3. The average Bonchev–Trinajstić information content (AvgIpc) is 4.38. The van der Waals surface area contributed by atoms with E-state index < -0.39 is 71.6 Å². The summed E-state index contributed by atoms with van der Waals surface area (Å²) < 4.78 is 5.83. The lowest BCUT2D eigenvalue weighted by atomic mass is 10.00. The molecule has 0 unspecified atom stereocenters. The van der Waals surface area contributed by atoms with Crippen molar-refractivity contribution in [2.75, 3.05) is 13.2 Å². The Balaban J connectivity index is 1.02. The number of amides is 6. The molecule has 0 saturated carbocycles. The van der Waals surface area contributed by atoms with Crippen LogP contribution < -0.4 is 32.2 Å². The van der Waals surface area contributed by atoms with Crippen LogP contribution in [0.3, 0.4) is 0 Å². The summed E-state index contributed by atoms with van der Waals surface area (Å²) in [5.74, 6) is -4.63. The number of aromatic nitrogens is 7. The molecule has 23 nitrogen and oxygen atoms in total. The van der Waals surface area contributed by atoms with Crippen LogP contribution in [0.15, 0.2) is 63.3 Å².